The number of carbonyl (C=O) groups excluding carboxylic acids is 1. The smallest absolute Gasteiger partial charge is 0.308 e. The van der Waals surface area contributed by atoms with E-state index in [1.54, 1.807) is 0 Å². The molecular formula is C35H56NO3+. The summed E-state index contributed by atoms with van der Waals surface area (Å²) in [5.74, 6) is 0.656. The molecule has 0 N–H and O–H groups in total. The second kappa shape index (κ2) is 19.7. The fourth-order valence-corrected chi connectivity index (χ4v) is 5.22. The minimum absolute atomic E-state index is 0.182. The number of aryl methyl sites for hydroxylation is 1. The molecule has 0 heterocycles. The minimum atomic E-state index is -0.582. The Balaban J connectivity index is 1.59. The highest BCUT2D eigenvalue weighted by atomic mass is 16.7. The lowest BCUT2D eigenvalue weighted by Crippen LogP contribution is -2.39. The first-order valence-electron chi connectivity index (χ1n) is 15.7. The molecule has 1 unspecified atom stereocenters. The van der Waals surface area contributed by atoms with E-state index >= 15 is 0 Å². The van der Waals surface area contributed by atoms with Crippen molar-refractivity contribution in [2.75, 3.05) is 20.6 Å². The van der Waals surface area contributed by atoms with Gasteiger partial charge in [-0.05, 0) is 37.3 Å². The van der Waals surface area contributed by atoms with Gasteiger partial charge in [0.05, 0.1) is 20.6 Å². The van der Waals surface area contributed by atoms with Gasteiger partial charge in [0.25, 0.3) is 0 Å². The summed E-state index contributed by atoms with van der Waals surface area (Å²) in [7, 11) is 4.49. The lowest BCUT2D eigenvalue weighted by atomic mass is 10.0. The maximum absolute atomic E-state index is 12.4. The van der Waals surface area contributed by atoms with Gasteiger partial charge in [-0.3, -0.25) is 4.79 Å². The SMILES string of the molecule is CCCCCCCCCCCCCc1ccccc1OC(C)OC(=O)CCCC[N+](C)(C)Cc1ccccc1. The summed E-state index contributed by atoms with van der Waals surface area (Å²) < 4.78 is 12.5. The Labute approximate surface area is 239 Å². The molecule has 2 aromatic rings. The number of hydrogen-bond acceptors (Lipinski definition) is 3. The fraction of sp³-hybridized carbons (Fsp3) is 0.629. The van der Waals surface area contributed by atoms with Crippen LogP contribution in [0.2, 0.25) is 0 Å². The van der Waals surface area contributed by atoms with Crippen LogP contribution in [0, 0.1) is 0 Å². The van der Waals surface area contributed by atoms with Crippen molar-refractivity contribution >= 4 is 5.97 Å². The third kappa shape index (κ3) is 15.8. The molecule has 0 spiro atoms. The first kappa shape index (κ1) is 32.9. The number of rotatable bonds is 22. The molecule has 0 bridgehead atoms. The molecule has 0 aliphatic heterocycles. The minimum Gasteiger partial charge on any atom is -0.455 e. The first-order valence-corrected chi connectivity index (χ1v) is 15.7. The first-order chi connectivity index (χ1) is 18.9. The van der Waals surface area contributed by atoms with Crippen LogP contribution in [0.5, 0.6) is 5.75 Å². The van der Waals surface area contributed by atoms with E-state index in [9.17, 15) is 4.79 Å². The highest BCUT2D eigenvalue weighted by Crippen LogP contribution is 2.23. The zero-order valence-corrected chi connectivity index (χ0v) is 25.5. The molecule has 1 atom stereocenters. The number of esters is 1. The van der Waals surface area contributed by atoms with Gasteiger partial charge in [-0.15, -0.1) is 0 Å². The topological polar surface area (TPSA) is 35.5 Å². The van der Waals surface area contributed by atoms with Gasteiger partial charge in [-0.2, -0.15) is 0 Å². The standard InChI is InChI=1S/C35H56NO3/c1-5-6-7-8-9-10-11-12-13-14-18-25-33-26-19-20-27-34(33)38-31(2)39-35(37)28-21-22-29-36(3,4)30-32-23-16-15-17-24-32/h15-17,19-20,23-24,26-27,31H,5-14,18,21-22,25,28-30H2,1-4H3/q+1. The summed E-state index contributed by atoms with van der Waals surface area (Å²) in [6.45, 7) is 6.11. The lowest BCUT2D eigenvalue weighted by molar-refractivity contribution is -0.903. The maximum Gasteiger partial charge on any atom is 0.308 e. The Kier molecular flexibility index (Phi) is 16.6. The van der Waals surface area contributed by atoms with Gasteiger partial charge in [0.1, 0.15) is 12.3 Å². The number of unbranched alkanes of at least 4 members (excludes halogenated alkanes) is 11. The third-order valence-electron chi connectivity index (χ3n) is 7.46. The average Bonchev–Trinajstić information content (AvgIpc) is 2.91. The number of ether oxygens (including phenoxy) is 2. The van der Waals surface area contributed by atoms with E-state index in [0.29, 0.717) is 6.42 Å². The molecule has 0 saturated heterocycles. The van der Waals surface area contributed by atoms with Crippen molar-refractivity contribution in [1.29, 1.82) is 0 Å². The summed E-state index contributed by atoms with van der Waals surface area (Å²) in [4.78, 5) is 12.4. The number of quaternary nitrogens is 1. The summed E-state index contributed by atoms with van der Waals surface area (Å²) in [5.41, 5.74) is 2.55. The van der Waals surface area contributed by atoms with Gasteiger partial charge in [0.15, 0.2) is 0 Å². The highest BCUT2D eigenvalue weighted by molar-refractivity contribution is 5.69. The van der Waals surface area contributed by atoms with Crippen LogP contribution in [0.25, 0.3) is 0 Å². The van der Waals surface area contributed by atoms with Crippen LogP contribution < -0.4 is 4.74 Å². The number of para-hydroxylation sites is 1. The van der Waals surface area contributed by atoms with Crippen LogP contribution in [0.15, 0.2) is 54.6 Å². The van der Waals surface area contributed by atoms with E-state index in [0.717, 1.165) is 42.6 Å². The molecule has 2 rings (SSSR count). The van der Waals surface area contributed by atoms with Crippen molar-refractivity contribution in [1.82, 2.24) is 0 Å². The maximum atomic E-state index is 12.4. The van der Waals surface area contributed by atoms with Gasteiger partial charge < -0.3 is 14.0 Å². The Hall–Kier alpha value is -2.33. The predicted octanol–water partition coefficient (Wildman–Crippen LogP) is 9.26. The van der Waals surface area contributed by atoms with E-state index < -0.39 is 6.29 Å². The van der Waals surface area contributed by atoms with Crippen LogP contribution in [-0.4, -0.2) is 37.4 Å². The highest BCUT2D eigenvalue weighted by Gasteiger charge is 2.17. The third-order valence-corrected chi connectivity index (χ3v) is 7.46. The quantitative estimate of drug-likeness (QED) is 0.0648. The number of carbonyl (C=O) groups is 1. The van der Waals surface area contributed by atoms with E-state index in [4.69, 9.17) is 9.47 Å². The van der Waals surface area contributed by atoms with Crippen LogP contribution >= 0.6 is 0 Å². The zero-order valence-electron chi connectivity index (χ0n) is 25.5. The molecule has 218 valence electrons. The Morgan fingerprint density at radius 2 is 1.33 bits per heavy atom. The molecule has 2 aromatic carbocycles. The fourth-order valence-electron chi connectivity index (χ4n) is 5.22. The normalized spacial score (nSPS) is 12.3. The molecule has 0 aliphatic carbocycles. The van der Waals surface area contributed by atoms with E-state index in [1.165, 1.54) is 81.8 Å². The number of nitrogens with zero attached hydrogens (tertiary/aromatic N) is 1. The number of benzene rings is 2. The molecule has 0 amide bonds. The summed E-state index contributed by atoms with van der Waals surface area (Å²) in [6.07, 6.45) is 17.5. The van der Waals surface area contributed by atoms with Gasteiger partial charge in [0.2, 0.25) is 6.29 Å². The van der Waals surface area contributed by atoms with E-state index in [2.05, 4.69) is 63.5 Å². The van der Waals surface area contributed by atoms with E-state index in [1.807, 2.05) is 19.1 Å². The van der Waals surface area contributed by atoms with Crippen molar-refractivity contribution in [2.24, 2.45) is 0 Å². The van der Waals surface area contributed by atoms with Crippen LogP contribution in [0.1, 0.15) is 115 Å². The van der Waals surface area contributed by atoms with Crippen molar-refractivity contribution in [3.63, 3.8) is 0 Å². The van der Waals surface area contributed by atoms with Crippen molar-refractivity contribution < 1.29 is 18.8 Å². The molecule has 0 fully saturated rings. The van der Waals surface area contributed by atoms with Crippen molar-refractivity contribution in [2.45, 2.75) is 123 Å². The largest absolute Gasteiger partial charge is 0.455 e. The second-order valence-electron chi connectivity index (χ2n) is 11.8. The molecule has 39 heavy (non-hydrogen) atoms. The predicted molar refractivity (Wildman–Crippen MR) is 164 cm³/mol. The summed E-state index contributed by atoms with van der Waals surface area (Å²) in [5, 5.41) is 0. The second-order valence-corrected chi connectivity index (χ2v) is 11.8. The molecule has 4 nitrogen and oxygen atoms in total. The average molecular weight is 539 g/mol. The monoisotopic (exact) mass is 538 g/mol. The molecule has 0 saturated carbocycles. The molecule has 0 aromatic heterocycles. The summed E-state index contributed by atoms with van der Waals surface area (Å²) in [6, 6.07) is 18.8. The van der Waals surface area contributed by atoms with Crippen LogP contribution in [0.3, 0.4) is 0 Å². The van der Waals surface area contributed by atoms with Gasteiger partial charge in [0, 0.05) is 18.9 Å². The van der Waals surface area contributed by atoms with Gasteiger partial charge >= 0.3 is 5.97 Å². The van der Waals surface area contributed by atoms with E-state index in [-0.39, 0.29) is 5.97 Å². The molecule has 0 radical (unpaired) electrons. The van der Waals surface area contributed by atoms with Gasteiger partial charge in [-0.25, -0.2) is 0 Å². The van der Waals surface area contributed by atoms with Gasteiger partial charge in [-0.1, -0.05) is 120 Å². The lowest BCUT2D eigenvalue weighted by Gasteiger charge is -2.30. The van der Waals surface area contributed by atoms with Crippen molar-refractivity contribution in [3.05, 3.63) is 65.7 Å². The zero-order chi connectivity index (χ0) is 28.2. The Morgan fingerprint density at radius 1 is 0.744 bits per heavy atom. The van der Waals surface area contributed by atoms with Crippen LogP contribution in [-0.2, 0) is 22.5 Å². The Morgan fingerprint density at radius 3 is 2.00 bits per heavy atom. The molecule has 0 aliphatic rings. The Bertz CT molecular complexity index is 896. The van der Waals surface area contributed by atoms with Crippen molar-refractivity contribution in [3.8, 4) is 5.75 Å². The number of hydrogen-bond donors (Lipinski definition) is 0. The van der Waals surface area contributed by atoms with Crippen LogP contribution in [0.4, 0.5) is 0 Å². The molecule has 4 heteroatoms. The molecular weight excluding hydrogens is 482 g/mol. The summed E-state index contributed by atoms with van der Waals surface area (Å²) >= 11 is 0.